The van der Waals surface area contributed by atoms with Crippen molar-refractivity contribution in [3.8, 4) is 11.4 Å². The first-order valence-corrected chi connectivity index (χ1v) is 6.55. The quantitative estimate of drug-likeness (QED) is 0.911. The summed E-state index contributed by atoms with van der Waals surface area (Å²) in [5.74, 6) is 0.796. The van der Waals surface area contributed by atoms with Gasteiger partial charge in [-0.3, -0.25) is 0 Å². The molecule has 1 aliphatic rings. The van der Waals surface area contributed by atoms with E-state index in [-0.39, 0.29) is 6.10 Å². The maximum absolute atomic E-state index is 5.83. The molecule has 98 valence electrons. The highest BCUT2D eigenvalue weighted by Crippen LogP contribution is 2.32. The Hall–Kier alpha value is -1.78. The van der Waals surface area contributed by atoms with E-state index in [1.807, 2.05) is 13.1 Å². The second-order valence-electron chi connectivity index (χ2n) is 4.61. The molecule has 0 unspecified atom stereocenters. The molecule has 1 atom stereocenters. The highest BCUT2D eigenvalue weighted by atomic mass is 16.5. The summed E-state index contributed by atoms with van der Waals surface area (Å²) in [6, 6.07) is 8.13. The summed E-state index contributed by atoms with van der Waals surface area (Å²) in [6.07, 6.45) is 4.61. The predicted octanol–water partition coefficient (Wildman–Crippen LogP) is 1.98. The summed E-state index contributed by atoms with van der Waals surface area (Å²) in [7, 11) is 1.95. The number of fused-ring (bicyclic) bond motifs is 1. The Morgan fingerprint density at radius 3 is 2.89 bits per heavy atom. The average Bonchev–Trinajstić information content (AvgIpc) is 2.48. The van der Waals surface area contributed by atoms with Crippen molar-refractivity contribution < 1.29 is 4.74 Å². The van der Waals surface area contributed by atoms with E-state index in [0.29, 0.717) is 0 Å². The van der Waals surface area contributed by atoms with E-state index in [9.17, 15) is 0 Å². The third kappa shape index (κ3) is 2.37. The highest BCUT2D eigenvalue weighted by Gasteiger charge is 2.23. The first kappa shape index (κ1) is 12.3. The van der Waals surface area contributed by atoms with Crippen LogP contribution in [0.1, 0.15) is 17.2 Å². The SMILES string of the molecule is CNC[C@H]1OCCc2c(-c3ncccn3)cccc21. The number of likely N-dealkylation sites (N-methyl/N-ethyl adjacent to an activating group) is 1. The Labute approximate surface area is 112 Å². The van der Waals surface area contributed by atoms with Crippen LogP contribution in [0.2, 0.25) is 0 Å². The van der Waals surface area contributed by atoms with E-state index >= 15 is 0 Å². The standard InChI is InChI=1S/C15H17N3O/c1-16-10-14-12-4-2-5-13(11(12)6-9-19-14)15-17-7-3-8-18-15/h2-5,7-8,14,16H,6,9-10H2,1H3/t14-/m1/s1. The number of hydrogen-bond donors (Lipinski definition) is 1. The van der Waals surface area contributed by atoms with Gasteiger partial charge in [-0.15, -0.1) is 0 Å². The van der Waals surface area contributed by atoms with Crippen molar-refractivity contribution in [3.05, 3.63) is 47.8 Å². The third-order valence-electron chi connectivity index (χ3n) is 3.43. The molecule has 0 fully saturated rings. The van der Waals surface area contributed by atoms with E-state index in [2.05, 4.69) is 33.5 Å². The molecule has 1 N–H and O–H groups in total. The number of benzene rings is 1. The average molecular weight is 255 g/mol. The number of nitrogens with zero attached hydrogens (tertiary/aromatic N) is 2. The van der Waals surface area contributed by atoms with E-state index in [0.717, 1.165) is 31.0 Å². The van der Waals surface area contributed by atoms with Crippen LogP contribution in [0.15, 0.2) is 36.7 Å². The molecule has 0 amide bonds. The molecule has 3 rings (SSSR count). The minimum absolute atomic E-state index is 0.123. The molecule has 4 heteroatoms. The second kappa shape index (κ2) is 5.47. The molecule has 1 aromatic heterocycles. The Morgan fingerprint density at radius 1 is 1.26 bits per heavy atom. The second-order valence-corrected chi connectivity index (χ2v) is 4.61. The van der Waals surface area contributed by atoms with Crippen molar-refractivity contribution in [1.29, 1.82) is 0 Å². The highest BCUT2D eigenvalue weighted by molar-refractivity contribution is 5.63. The number of nitrogens with one attached hydrogen (secondary N) is 1. The van der Waals surface area contributed by atoms with Crippen molar-refractivity contribution in [3.63, 3.8) is 0 Å². The first-order chi connectivity index (χ1) is 9.40. The molecule has 0 spiro atoms. The molecule has 4 nitrogen and oxygen atoms in total. The molecule has 2 heterocycles. The lowest BCUT2D eigenvalue weighted by molar-refractivity contribution is 0.0440. The lowest BCUT2D eigenvalue weighted by Crippen LogP contribution is -2.25. The summed E-state index contributed by atoms with van der Waals surface area (Å²) < 4.78 is 5.83. The van der Waals surface area contributed by atoms with Gasteiger partial charge in [-0.25, -0.2) is 9.97 Å². The molecular formula is C15H17N3O. The molecule has 0 aliphatic carbocycles. The van der Waals surface area contributed by atoms with Crippen LogP contribution in [-0.2, 0) is 11.2 Å². The number of rotatable bonds is 3. The van der Waals surface area contributed by atoms with Gasteiger partial charge in [0, 0.05) is 24.5 Å². The molecule has 19 heavy (non-hydrogen) atoms. The van der Waals surface area contributed by atoms with Crippen molar-refractivity contribution in [2.24, 2.45) is 0 Å². The van der Waals surface area contributed by atoms with Gasteiger partial charge in [0.15, 0.2) is 5.82 Å². The van der Waals surface area contributed by atoms with Gasteiger partial charge < -0.3 is 10.1 Å². The predicted molar refractivity (Wildman–Crippen MR) is 73.8 cm³/mol. The largest absolute Gasteiger partial charge is 0.372 e. The molecule has 0 saturated carbocycles. The van der Waals surface area contributed by atoms with E-state index in [1.165, 1.54) is 11.1 Å². The Bertz CT molecular complexity index is 557. The maximum Gasteiger partial charge on any atom is 0.159 e. The van der Waals surface area contributed by atoms with Gasteiger partial charge in [-0.2, -0.15) is 0 Å². The van der Waals surface area contributed by atoms with Crippen molar-refractivity contribution in [2.75, 3.05) is 20.2 Å². The number of ether oxygens (including phenoxy) is 1. The number of hydrogen-bond acceptors (Lipinski definition) is 4. The Balaban J connectivity index is 2.06. The van der Waals surface area contributed by atoms with Crippen molar-refractivity contribution >= 4 is 0 Å². The van der Waals surface area contributed by atoms with Gasteiger partial charge >= 0.3 is 0 Å². The Kier molecular flexibility index (Phi) is 3.53. The maximum atomic E-state index is 5.83. The van der Waals surface area contributed by atoms with Crippen LogP contribution in [0, 0.1) is 0 Å². The van der Waals surface area contributed by atoms with Gasteiger partial charge in [-0.1, -0.05) is 18.2 Å². The van der Waals surface area contributed by atoms with Crippen LogP contribution < -0.4 is 5.32 Å². The van der Waals surface area contributed by atoms with Gasteiger partial charge in [0.2, 0.25) is 0 Å². The van der Waals surface area contributed by atoms with Gasteiger partial charge in [0.05, 0.1) is 12.7 Å². The lowest BCUT2D eigenvalue weighted by atomic mass is 9.92. The first-order valence-electron chi connectivity index (χ1n) is 6.55. The van der Waals surface area contributed by atoms with Crippen LogP contribution in [-0.4, -0.2) is 30.2 Å². The molecule has 0 bridgehead atoms. The van der Waals surface area contributed by atoms with Gasteiger partial charge in [-0.05, 0) is 30.7 Å². The molecule has 1 aromatic carbocycles. The molecule has 2 aromatic rings. The zero-order valence-electron chi connectivity index (χ0n) is 11.0. The number of aromatic nitrogens is 2. The van der Waals surface area contributed by atoms with Crippen molar-refractivity contribution in [1.82, 2.24) is 15.3 Å². The molecule has 1 aliphatic heterocycles. The van der Waals surface area contributed by atoms with Gasteiger partial charge in [0.1, 0.15) is 0 Å². The molecule has 0 radical (unpaired) electrons. The Morgan fingerprint density at radius 2 is 2.11 bits per heavy atom. The summed E-state index contributed by atoms with van der Waals surface area (Å²) >= 11 is 0. The fraction of sp³-hybridized carbons (Fsp3) is 0.333. The minimum atomic E-state index is 0.123. The van der Waals surface area contributed by atoms with E-state index in [4.69, 9.17) is 4.74 Å². The van der Waals surface area contributed by atoms with Crippen LogP contribution in [0.5, 0.6) is 0 Å². The zero-order valence-corrected chi connectivity index (χ0v) is 11.0. The third-order valence-corrected chi connectivity index (χ3v) is 3.43. The van der Waals surface area contributed by atoms with Crippen LogP contribution in [0.3, 0.4) is 0 Å². The summed E-state index contributed by atoms with van der Waals surface area (Å²) in [5, 5.41) is 3.18. The van der Waals surface area contributed by atoms with E-state index in [1.54, 1.807) is 12.4 Å². The molecule has 0 saturated heterocycles. The summed E-state index contributed by atoms with van der Waals surface area (Å²) in [5.41, 5.74) is 3.70. The smallest absolute Gasteiger partial charge is 0.159 e. The van der Waals surface area contributed by atoms with Crippen LogP contribution in [0.25, 0.3) is 11.4 Å². The van der Waals surface area contributed by atoms with E-state index < -0.39 is 0 Å². The fourth-order valence-electron chi connectivity index (χ4n) is 2.58. The topological polar surface area (TPSA) is 47.0 Å². The minimum Gasteiger partial charge on any atom is -0.372 e. The summed E-state index contributed by atoms with van der Waals surface area (Å²) in [4.78, 5) is 8.72. The lowest BCUT2D eigenvalue weighted by Gasteiger charge is -2.27. The van der Waals surface area contributed by atoms with Crippen molar-refractivity contribution in [2.45, 2.75) is 12.5 Å². The van der Waals surface area contributed by atoms with Gasteiger partial charge in [0.25, 0.3) is 0 Å². The monoisotopic (exact) mass is 255 g/mol. The molecular weight excluding hydrogens is 238 g/mol. The normalized spacial score (nSPS) is 18.1. The summed E-state index contributed by atoms with van der Waals surface area (Å²) in [6.45, 7) is 1.58. The van der Waals surface area contributed by atoms with Crippen LogP contribution in [0.4, 0.5) is 0 Å². The fourth-order valence-corrected chi connectivity index (χ4v) is 2.58. The zero-order chi connectivity index (χ0) is 13.1. The van der Waals surface area contributed by atoms with Crippen LogP contribution >= 0.6 is 0 Å².